The fraction of sp³-hybridized carbons (Fsp3) is 0.545. The lowest BCUT2D eigenvalue weighted by Gasteiger charge is -2.22. The molecule has 1 unspecified atom stereocenters. The molecule has 0 aromatic carbocycles. The van der Waals surface area contributed by atoms with E-state index in [9.17, 15) is 13.5 Å². The summed E-state index contributed by atoms with van der Waals surface area (Å²) in [5.41, 5.74) is 5.74. The Bertz CT molecular complexity index is 492. The largest absolute Gasteiger partial charge is 0.390 e. The molecule has 0 saturated carbocycles. The number of β-amino-alcohol motifs (C(OH)–C–C–N with tert-alkyl or cyclic N) is 1. The van der Waals surface area contributed by atoms with E-state index in [1.807, 2.05) is 0 Å². The van der Waals surface area contributed by atoms with Gasteiger partial charge in [-0.25, -0.2) is 13.4 Å². The molecule has 1 fully saturated rings. The molecule has 1 saturated heterocycles. The number of pyridine rings is 1. The van der Waals surface area contributed by atoms with Gasteiger partial charge >= 0.3 is 0 Å². The monoisotopic (exact) mass is 271 g/mol. The lowest BCUT2D eigenvalue weighted by molar-refractivity contribution is 0.130. The smallest absolute Gasteiger partial charge is 0.260 e. The van der Waals surface area contributed by atoms with Gasteiger partial charge in [0.25, 0.3) is 10.0 Å². The number of aromatic nitrogens is 1. The van der Waals surface area contributed by atoms with Gasteiger partial charge in [-0.3, -0.25) is 0 Å². The van der Waals surface area contributed by atoms with Crippen LogP contribution in [0.15, 0.2) is 29.4 Å². The standard InChI is InChI=1S/C11H17N3O3S/c12-9-4-3-7-14(8-10(9)15)18(16,17)11-5-1-2-6-13-11/h1-2,5-6,9-10,15H,3-4,7-8,12H2/t9?,10-/m1/s1. The highest BCUT2D eigenvalue weighted by atomic mass is 32.2. The van der Waals surface area contributed by atoms with E-state index in [2.05, 4.69) is 4.98 Å². The molecule has 0 bridgehead atoms. The van der Waals surface area contributed by atoms with Crippen molar-refractivity contribution in [2.24, 2.45) is 5.73 Å². The molecular weight excluding hydrogens is 254 g/mol. The van der Waals surface area contributed by atoms with E-state index in [0.29, 0.717) is 19.4 Å². The third-order valence-corrected chi connectivity index (χ3v) is 4.85. The first kappa shape index (κ1) is 13.4. The molecule has 1 aliphatic heterocycles. The van der Waals surface area contributed by atoms with E-state index in [1.165, 1.54) is 16.6 Å². The second-order valence-electron chi connectivity index (χ2n) is 4.40. The predicted octanol–water partition coefficient (Wildman–Crippen LogP) is -0.446. The first-order valence-corrected chi connectivity index (χ1v) is 7.30. The zero-order valence-corrected chi connectivity index (χ0v) is 10.8. The molecule has 2 rings (SSSR count). The van der Waals surface area contributed by atoms with E-state index in [4.69, 9.17) is 5.73 Å². The van der Waals surface area contributed by atoms with Gasteiger partial charge in [0.15, 0.2) is 5.03 Å². The molecule has 18 heavy (non-hydrogen) atoms. The Morgan fingerprint density at radius 3 is 2.89 bits per heavy atom. The number of nitrogens with zero attached hydrogens (tertiary/aromatic N) is 2. The molecule has 1 aliphatic rings. The van der Waals surface area contributed by atoms with Crippen molar-refractivity contribution in [1.82, 2.24) is 9.29 Å². The van der Waals surface area contributed by atoms with Crippen LogP contribution in [0.4, 0.5) is 0 Å². The predicted molar refractivity (Wildman–Crippen MR) is 66.2 cm³/mol. The summed E-state index contributed by atoms with van der Waals surface area (Å²) < 4.78 is 25.9. The summed E-state index contributed by atoms with van der Waals surface area (Å²) in [5, 5.41) is 9.79. The average Bonchev–Trinajstić information content (AvgIpc) is 2.54. The summed E-state index contributed by atoms with van der Waals surface area (Å²) in [6.07, 6.45) is 1.87. The number of rotatable bonds is 2. The summed E-state index contributed by atoms with van der Waals surface area (Å²) >= 11 is 0. The Hall–Kier alpha value is -1.02. The molecule has 0 radical (unpaired) electrons. The highest BCUT2D eigenvalue weighted by molar-refractivity contribution is 7.89. The van der Waals surface area contributed by atoms with Gasteiger partial charge < -0.3 is 10.8 Å². The van der Waals surface area contributed by atoms with Crippen molar-refractivity contribution in [3.05, 3.63) is 24.4 Å². The first-order chi connectivity index (χ1) is 8.51. The Kier molecular flexibility index (Phi) is 3.96. The molecule has 1 aromatic rings. The van der Waals surface area contributed by atoms with Gasteiger partial charge in [0.05, 0.1) is 6.10 Å². The number of aliphatic hydroxyl groups excluding tert-OH is 1. The fourth-order valence-electron chi connectivity index (χ4n) is 1.98. The quantitative estimate of drug-likeness (QED) is 0.759. The van der Waals surface area contributed by atoms with Crippen LogP contribution in [0, 0.1) is 0 Å². The van der Waals surface area contributed by atoms with Crippen molar-refractivity contribution in [2.45, 2.75) is 30.0 Å². The van der Waals surface area contributed by atoms with Crippen molar-refractivity contribution >= 4 is 10.0 Å². The maximum atomic E-state index is 12.3. The second-order valence-corrected chi connectivity index (χ2v) is 6.29. The summed E-state index contributed by atoms with van der Waals surface area (Å²) in [7, 11) is -3.64. The summed E-state index contributed by atoms with van der Waals surface area (Å²) in [6.45, 7) is 0.393. The minimum absolute atomic E-state index is 0.00710. The number of hydrogen-bond acceptors (Lipinski definition) is 5. The Labute approximate surface area is 106 Å². The van der Waals surface area contributed by atoms with Crippen molar-refractivity contribution in [3.8, 4) is 0 Å². The highest BCUT2D eigenvalue weighted by Crippen LogP contribution is 2.18. The van der Waals surface area contributed by atoms with Gasteiger partial charge in [-0.2, -0.15) is 4.31 Å². The van der Waals surface area contributed by atoms with E-state index < -0.39 is 16.1 Å². The van der Waals surface area contributed by atoms with Crippen LogP contribution in [0.5, 0.6) is 0 Å². The number of nitrogens with two attached hydrogens (primary N) is 1. The maximum Gasteiger partial charge on any atom is 0.260 e. The summed E-state index contributed by atoms with van der Waals surface area (Å²) in [6, 6.07) is 4.37. The Balaban J connectivity index is 2.25. The van der Waals surface area contributed by atoms with Crippen molar-refractivity contribution in [2.75, 3.05) is 13.1 Å². The molecule has 0 aliphatic carbocycles. The fourth-order valence-corrected chi connectivity index (χ4v) is 3.41. The lowest BCUT2D eigenvalue weighted by atomic mass is 10.1. The van der Waals surface area contributed by atoms with Gasteiger partial charge in [0.2, 0.25) is 0 Å². The van der Waals surface area contributed by atoms with Crippen molar-refractivity contribution in [1.29, 1.82) is 0 Å². The highest BCUT2D eigenvalue weighted by Gasteiger charge is 2.31. The van der Waals surface area contributed by atoms with Crippen LogP contribution in [0.3, 0.4) is 0 Å². The van der Waals surface area contributed by atoms with Crippen LogP contribution in [-0.2, 0) is 10.0 Å². The van der Waals surface area contributed by atoms with Gasteiger partial charge in [-0.05, 0) is 25.0 Å². The Morgan fingerprint density at radius 2 is 2.22 bits per heavy atom. The molecule has 2 atom stereocenters. The van der Waals surface area contributed by atoms with Gasteiger partial charge in [0, 0.05) is 25.3 Å². The van der Waals surface area contributed by atoms with Crippen LogP contribution in [-0.4, -0.2) is 48.0 Å². The van der Waals surface area contributed by atoms with E-state index in [1.54, 1.807) is 12.1 Å². The topological polar surface area (TPSA) is 96.5 Å². The molecule has 100 valence electrons. The molecule has 0 amide bonds. The molecule has 6 nitrogen and oxygen atoms in total. The molecule has 1 aromatic heterocycles. The van der Waals surface area contributed by atoms with Crippen LogP contribution in [0.2, 0.25) is 0 Å². The minimum atomic E-state index is -3.64. The lowest BCUT2D eigenvalue weighted by Crippen LogP contribution is -2.42. The normalized spacial score (nSPS) is 26.8. The summed E-state index contributed by atoms with van der Waals surface area (Å²) in [4.78, 5) is 3.86. The number of hydrogen-bond donors (Lipinski definition) is 2. The third-order valence-electron chi connectivity index (χ3n) is 3.07. The van der Waals surface area contributed by atoms with Crippen molar-refractivity contribution in [3.63, 3.8) is 0 Å². The SMILES string of the molecule is NC1CCCN(S(=O)(=O)c2ccccn2)C[C@H]1O. The molecule has 3 N–H and O–H groups in total. The zero-order chi connectivity index (χ0) is 13.2. The maximum absolute atomic E-state index is 12.3. The van der Waals surface area contributed by atoms with E-state index >= 15 is 0 Å². The van der Waals surface area contributed by atoms with Crippen LogP contribution in [0.25, 0.3) is 0 Å². The number of sulfonamides is 1. The van der Waals surface area contributed by atoms with Crippen LogP contribution >= 0.6 is 0 Å². The molecular formula is C11H17N3O3S. The minimum Gasteiger partial charge on any atom is -0.390 e. The van der Waals surface area contributed by atoms with Crippen LogP contribution < -0.4 is 5.73 Å². The Morgan fingerprint density at radius 1 is 1.44 bits per heavy atom. The molecule has 2 heterocycles. The van der Waals surface area contributed by atoms with E-state index in [0.717, 1.165) is 0 Å². The van der Waals surface area contributed by atoms with Gasteiger partial charge in [-0.15, -0.1) is 0 Å². The third kappa shape index (κ3) is 2.69. The van der Waals surface area contributed by atoms with Crippen LogP contribution in [0.1, 0.15) is 12.8 Å². The summed E-state index contributed by atoms with van der Waals surface area (Å²) in [5.74, 6) is 0. The van der Waals surface area contributed by atoms with Gasteiger partial charge in [-0.1, -0.05) is 6.07 Å². The average molecular weight is 271 g/mol. The zero-order valence-electron chi connectivity index (χ0n) is 9.94. The number of aliphatic hydroxyl groups is 1. The van der Waals surface area contributed by atoms with E-state index in [-0.39, 0.29) is 17.6 Å². The first-order valence-electron chi connectivity index (χ1n) is 5.86. The second kappa shape index (κ2) is 5.31. The molecule has 0 spiro atoms. The van der Waals surface area contributed by atoms with Crippen molar-refractivity contribution < 1.29 is 13.5 Å². The van der Waals surface area contributed by atoms with Gasteiger partial charge in [0.1, 0.15) is 0 Å². The molecule has 7 heteroatoms.